The van der Waals surface area contributed by atoms with E-state index >= 15 is 0 Å². The van der Waals surface area contributed by atoms with Crippen molar-refractivity contribution in [3.63, 3.8) is 0 Å². The Hall–Kier alpha value is -0.610. The van der Waals surface area contributed by atoms with Gasteiger partial charge in [-0.1, -0.05) is 13.3 Å². The highest BCUT2D eigenvalue weighted by molar-refractivity contribution is 5.77. The normalized spacial score (nSPS) is 12.6. The molecule has 1 unspecified atom stereocenters. The zero-order valence-electron chi connectivity index (χ0n) is 7.76. The molecular weight excluding hydrogens is 156 g/mol. The maximum absolute atomic E-state index is 10.9. The molecule has 1 amide bonds. The summed E-state index contributed by atoms with van der Waals surface area (Å²) in [5, 5.41) is 14.6. The van der Waals surface area contributed by atoms with Crippen molar-refractivity contribution in [3.05, 3.63) is 0 Å². The van der Waals surface area contributed by atoms with E-state index in [0.29, 0.717) is 13.1 Å². The van der Waals surface area contributed by atoms with Gasteiger partial charge in [0.05, 0.1) is 12.6 Å². The number of hydrogen-bond donors (Lipinski definition) is 3. The molecule has 0 heterocycles. The lowest BCUT2D eigenvalue weighted by atomic mass is 10.2. The lowest BCUT2D eigenvalue weighted by molar-refractivity contribution is -0.120. The fraction of sp³-hybridized carbons (Fsp3) is 0.875. The quantitative estimate of drug-likeness (QED) is 0.508. The van der Waals surface area contributed by atoms with Crippen molar-refractivity contribution >= 4 is 5.91 Å². The van der Waals surface area contributed by atoms with Crippen LogP contribution in [0.4, 0.5) is 0 Å². The fourth-order valence-electron chi connectivity index (χ4n) is 0.890. The first-order chi connectivity index (χ1) is 5.70. The van der Waals surface area contributed by atoms with Gasteiger partial charge in [-0.15, -0.1) is 0 Å². The first-order valence-electron chi connectivity index (χ1n) is 4.30. The molecule has 0 aromatic rings. The number of aliphatic hydroxyl groups excluding tert-OH is 1. The van der Waals surface area contributed by atoms with Gasteiger partial charge >= 0.3 is 0 Å². The molecule has 0 bridgehead atoms. The summed E-state index contributed by atoms with van der Waals surface area (Å²) in [6.07, 6.45) is 1.26. The van der Waals surface area contributed by atoms with Crippen LogP contribution in [0.25, 0.3) is 0 Å². The highest BCUT2D eigenvalue weighted by Crippen LogP contribution is 1.93. The summed E-state index contributed by atoms with van der Waals surface area (Å²) in [6, 6.07) is 0. The molecule has 0 radical (unpaired) electrons. The van der Waals surface area contributed by atoms with Crippen LogP contribution in [-0.4, -0.2) is 37.3 Å². The number of amides is 1. The summed E-state index contributed by atoms with van der Waals surface area (Å²) in [6.45, 7) is 2.66. The van der Waals surface area contributed by atoms with Gasteiger partial charge in [-0.25, -0.2) is 0 Å². The molecule has 3 N–H and O–H groups in total. The van der Waals surface area contributed by atoms with Crippen LogP contribution in [0.3, 0.4) is 0 Å². The van der Waals surface area contributed by atoms with Gasteiger partial charge in [0.15, 0.2) is 0 Å². The molecule has 0 fully saturated rings. The second-order valence-electron chi connectivity index (χ2n) is 2.78. The summed E-state index contributed by atoms with van der Waals surface area (Å²) in [5.41, 5.74) is 0. The van der Waals surface area contributed by atoms with Crippen LogP contribution in [-0.2, 0) is 4.79 Å². The van der Waals surface area contributed by atoms with Crippen LogP contribution in [0.15, 0.2) is 0 Å². The van der Waals surface area contributed by atoms with Gasteiger partial charge in [0.1, 0.15) is 0 Å². The third kappa shape index (κ3) is 6.12. The van der Waals surface area contributed by atoms with E-state index < -0.39 is 6.10 Å². The van der Waals surface area contributed by atoms with Gasteiger partial charge in [0.2, 0.25) is 5.91 Å². The first-order valence-corrected chi connectivity index (χ1v) is 4.30. The van der Waals surface area contributed by atoms with E-state index in [4.69, 9.17) is 0 Å². The van der Waals surface area contributed by atoms with E-state index in [-0.39, 0.29) is 5.91 Å². The van der Waals surface area contributed by atoms with E-state index in [2.05, 4.69) is 10.6 Å². The Labute approximate surface area is 73.3 Å². The van der Waals surface area contributed by atoms with Crippen molar-refractivity contribution in [1.82, 2.24) is 10.6 Å². The summed E-state index contributed by atoms with van der Waals surface area (Å²) in [7, 11) is 1.71. The Morgan fingerprint density at radius 1 is 1.58 bits per heavy atom. The number of hydrogen-bond acceptors (Lipinski definition) is 3. The van der Waals surface area contributed by atoms with Crippen LogP contribution in [0.1, 0.15) is 19.8 Å². The Kier molecular flexibility index (Phi) is 6.70. The smallest absolute Gasteiger partial charge is 0.234 e. The van der Waals surface area contributed by atoms with Gasteiger partial charge in [-0.2, -0.15) is 0 Å². The molecule has 0 aromatic carbocycles. The van der Waals surface area contributed by atoms with Crippen LogP contribution in [0, 0.1) is 0 Å². The fourth-order valence-corrected chi connectivity index (χ4v) is 0.890. The molecule has 0 saturated heterocycles. The van der Waals surface area contributed by atoms with E-state index in [9.17, 15) is 9.90 Å². The number of carbonyl (C=O) groups excluding carboxylic acids is 1. The van der Waals surface area contributed by atoms with E-state index in [0.717, 1.165) is 12.8 Å². The SMILES string of the molecule is CCCC(O)CNC(=O)CNC. The van der Waals surface area contributed by atoms with Crippen LogP contribution in [0.2, 0.25) is 0 Å². The van der Waals surface area contributed by atoms with Crippen LogP contribution in [0.5, 0.6) is 0 Å². The van der Waals surface area contributed by atoms with Gasteiger partial charge in [-0.3, -0.25) is 4.79 Å². The zero-order valence-corrected chi connectivity index (χ0v) is 7.76. The van der Waals surface area contributed by atoms with E-state index in [1.54, 1.807) is 7.05 Å². The summed E-state index contributed by atoms with van der Waals surface area (Å²) in [4.78, 5) is 10.9. The Balaban J connectivity index is 3.33. The molecular formula is C8H18N2O2. The van der Waals surface area contributed by atoms with Crippen molar-refractivity contribution in [1.29, 1.82) is 0 Å². The minimum absolute atomic E-state index is 0.0762. The van der Waals surface area contributed by atoms with Crippen molar-refractivity contribution in [2.45, 2.75) is 25.9 Å². The third-order valence-corrected chi connectivity index (χ3v) is 1.49. The van der Waals surface area contributed by atoms with Crippen molar-refractivity contribution < 1.29 is 9.90 Å². The van der Waals surface area contributed by atoms with Gasteiger partial charge in [-0.05, 0) is 13.5 Å². The minimum atomic E-state index is -0.407. The molecule has 0 aliphatic rings. The molecule has 0 spiro atoms. The number of likely N-dealkylation sites (N-methyl/N-ethyl adjacent to an activating group) is 1. The zero-order chi connectivity index (χ0) is 9.40. The minimum Gasteiger partial charge on any atom is -0.391 e. The molecule has 0 saturated carbocycles. The molecule has 4 heteroatoms. The van der Waals surface area contributed by atoms with Crippen molar-refractivity contribution in [2.75, 3.05) is 20.1 Å². The predicted molar refractivity (Wildman–Crippen MR) is 47.9 cm³/mol. The molecule has 0 rings (SSSR count). The lowest BCUT2D eigenvalue weighted by Crippen LogP contribution is -2.37. The predicted octanol–water partition coefficient (Wildman–Crippen LogP) is -0.517. The number of nitrogens with one attached hydrogen (secondary N) is 2. The average Bonchev–Trinajstić information content (AvgIpc) is 2.02. The first kappa shape index (κ1) is 11.4. The second-order valence-corrected chi connectivity index (χ2v) is 2.78. The molecule has 0 aliphatic carbocycles. The Bertz CT molecular complexity index is 128. The van der Waals surface area contributed by atoms with Gasteiger partial charge in [0.25, 0.3) is 0 Å². The molecule has 72 valence electrons. The monoisotopic (exact) mass is 174 g/mol. The summed E-state index contributed by atoms with van der Waals surface area (Å²) >= 11 is 0. The lowest BCUT2D eigenvalue weighted by Gasteiger charge is -2.09. The number of rotatable bonds is 6. The largest absolute Gasteiger partial charge is 0.391 e. The van der Waals surface area contributed by atoms with Gasteiger partial charge < -0.3 is 15.7 Å². The second kappa shape index (κ2) is 7.06. The maximum atomic E-state index is 10.9. The standard InChI is InChI=1S/C8H18N2O2/c1-3-4-7(11)5-10-8(12)6-9-2/h7,9,11H,3-6H2,1-2H3,(H,10,12). The van der Waals surface area contributed by atoms with E-state index in [1.807, 2.05) is 6.92 Å². The number of carbonyl (C=O) groups is 1. The van der Waals surface area contributed by atoms with Crippen LogP contribution < -0.4 is 10.6 Å². The van der Waals surface area contributed by atoms with Gasteiger partial charge in [0, 0.05) is 6.54 Å². The highest BCUT2D eigenvalue weighted by atomic mass is 16.3. The van der Waals surface area contributed by atoms with Crippen LogP contribution >= 0.6 is 0 Å². The maximum Gasteiger partial charge on any atom is 0.234 e. The topological polar surface area (TPSA) is 61.4 Å². The molecule has 1 atom stereocenters. The molecule has 4 nitrogen and oxygen atoms in total. The third-order valence-electron chi connectivity index (χ3n) is 1.49. The highest BCUT2D eigenvalue weighted by Gasteiger charge is 2.04. The van der Waals surface area contributed by atoms with Crippen molar-refractivity contribution in [2.24, 2.45) is 0 Å². The molecule has 12 heavy (non-hydrogen) atoms. The van der Waals surface area contributed by atoms with Crippen molar-refractivity contribution in [3.8, 4) is 0 Å². The Morgan fingerprint density at radius 2 is 2.25 bits per heavy atom. The summed E-state index contributed by atoms with van der Waals surface area (Å²) in [5.74, 6) is -0.0762. The summed E-state index contributed by atoms with van der Waals surface area (Å²) < 4.78 is 0. The number of aliphatic hydroxyl groups is 1. The average molecular weight is 174 g/mol. The van der Waals surface area contributed by atoms with E-state index in [1.165, 1.54) is 0 Å². The Morgan fingerprint density at radius 3 is 2.75 bits per heavy atom. The molecule has 0 aliphatic heterocycles. The molecule has 0 aromatic heterocycles.